The Balaban J connectivity index is 0.00000253. The molecule has 3 aromatic carbocycles. The Kier molecular flexibility index (Phi) is 6.03. The van der Waals surface area contributed by atoms with Gasteiger partial charge in [-0.15, -0.1) is 12.4 Å². The molecule has 3 heterocycles. The molecule has 3 aliphatic rings. The van der Waals surface area contributed by atoms with E-state index in [1.807, 2.05) is 6.07 Å². The van der Waals surface area contributed by atoms with Crippen LogP contribution in [0.15, 0.2) is 53.4 Å². The zero-order valence-electron chi connectivity index (χ0n) is 18.8. The maximum absolute atomic E-state index is 13.7. The summed E-state index contributed by atoms with van der Waals surface area (Å²) in [5.41, 5.74) is 4.19. The van der Waals surface area contributed by atoms with Crippen molar-refractivity contribution in [1.82, 2.24) is 4.90 Å². The van der Waals surface area contributed by atoms with Gasteiger partial charge in [-0.1, -0.05) is 12.1 Å². The van der Waals surface area contributed by atoms with Gasteiger partial charge in [-0.2, -0.15) is 8.42 Å². The van der Waals surface area contributed by atoms with Crippen LogP contribution >= 0.6 is 12.4 Å². The Morgan fingerprint density at radius 2 is 1.86 bits per heavy atom. The maximum Gasteiger partial charge on any atom is 0.339 e. The highest BCUT2D eigenvalue weighted by Crippen LogP contribution is 2.47. The van der Waals surface area contributed by atoms with E-state index in [0.717, 1.165) is 41.7 Å². The summed E-state index contributed by atoms with van der Waals surface area (Å²) < 4.78 is 61.8. The van der Waals surface area contributed by atoms with Gasteiger partial charge in [0.1, 0.15) is 10.7 Å². The van der Waals surface area contributed by atoms with E-state index < -0.39 is 15.9 Å². The third kappa shape index (κ3) is 4.07. The number of hydrogen-bond acceptors (Lipinski definition) is 7. The number of hydrogen-bond donors (Lipinski definition) is 0. The molecule has 1 atom stereocenters. The Hall–Kier alpha value is -3.01. The fourth-order valence-electron chi connectivity index (χ4n) is 5.03. The van der Waals surface area contributed by atoms with Crippen LogP contribution in [0.3, 0.4) is 0 Å². The van der Waals surface area contributed by atoms with Gasteiger partial charge >= 0.3 is 10.1 Å². The Morgan fingerprint density at radius 3 is 2.63 bits per heavy atom. The van der Waals surface area contributed by atoms with E-state index in [1.54, 1.807) is 6.07 Å². The smallest absolute Gasteiger partial charge is 0.339 e. The number of benzene rings is 3. The summed E-state index contributed by atoms with van der Waals surface area (Å²) in [4.78, 5) is 2.07. The van der Waals surface area contributed by atoms with Gasteiger partial charge in [-0.3, -0.25) is 4.90 Å². The molecule has 3 aliphatic heterocycles. The lowest BCUT2D eigenvalue weighted by Gasteiger charge is -2.41. The molecule has 0 N–H and O–H groups in total. The van der Waals surface area contributed by atoms with Gasteiger partial charge in [0.05, 0.1) is 7.11 Å². The molecule has 3 aromatic rings. The first kappa shape index (κ1) is 23.7. The molecule has 0 aliphatic carbocycles. The lowest BCUT2D eigenvalue weighted by atomic mass is 9.83. The van der Waals surface area contributed by atoms with E-state index in [1.165, 1.54) is 36.4 Å². The lowest BCUT2D eigenvalue weighted by Crippen LogP contribution is -2.39. The maximum atomic E-state index is 13.7. The van der Waals surface area contributed by atoms with Gasteiger partial charge in [-0.05, 0) is 65.9 Å². The van der Waals surface area contributed by atoms with Crippen molar-refractivity contribution in [3.05, 3.63) is 76.6 Å². The van der Waals surface area contributed by atoms with Gasteiger partial charge in [0.25, 0.3) is 0 Å². The van der Waals surface area contributed by atoms with Crippen molar-refractivity contribution in [3.63, 3.8) is 0 Å². The average Bonchev–Trinajstić information content (AvgIpc) is 3.29. The monoisotopic (exact) mass is 519 g/mol. The van der Waals surface area contributed by atoms with Gasteiger partial charge in [0.15, 0.2) is 23.0 Å². The SMILES string of the molecule is COc1ccc2c(c1OS(=O)(=O)c1cccc(F)c1)CN1CCc3cc4c(cc3C1C2)OCO4.Cl. The van der Waals surface area contributed by atoms with Gasteiger partial charge in [0, 0.05) is 24.7 Å². The molecular formula is C25H23ClFNO6S. The first-order valence-electron chi connectivity index (χ1n) is 11.0. The van der Waals surface area contributed by atoms with E-state index >= 15 is 0 Å². The van der Waals surface area contributed by atoms with E-state index in [2.05, 4.69) is 17.0 Å². The third-order valence-corrected chi connectivity index (χ3v) is 7.91. The third-order valence-electron chi connectivity index (χ3n) is 6.70. The summed E-state index contributed by atoms with van der Waals surface area (Å²) in [5, 5.41) is 0. The summed E-state index contributed by atoms with van der Waals surface area (Å²) in [6, 6.07) is 12.7. The molecule has 0 amide bonds. The van der Waals surface area contributed by atoms with Crippen LogP contribution in [0.1, 0.15) is 28.3 Å². The topological polar surface area (TPSA) is 74.3 Å². The van der Waals surface area contributed by atoms with E-state index in [0.29, 0.717) is 18.7 Å². The number of methoxy groups -OCH3 is 1. The summed E-state index contributed by atoms with van der Waals surface area (Å²) in [6.45, 7) is 1.54. The van der Waals surface area contributed by atoms with Crippen LogP contribution in [0.4, 0.5) is 4.39 Å². The number of fused-ring (bicyclic) bond motifs is 5. The van der Waals surface area contributed by atoms with Crippen molar-refractivity contribution in [2.24, 2.45) is 0 Å². The lowest BCUT2D eigenvalue weighted by molar-refractivity contribution is 0.159. The van der Waals surface area contributed by atoms with Crippen molar-refractivity contribution in [3.8, 4) is 23.0 Å². The van der Waals surface area contributed by atoms with Crippen LogP contribution in [0.25, 0.3) is 0 Å². The minimum atomic E-state index is -4.26. The number of nitrogens with zero attached hydrogens (tertiary/aromatic N) is 1. The van der Waals surface area contributed by atoms with Crippen LogP contribution < -0.4 is 18.4 Å². The van der Waals surface area contributed by atoms with Crippen molar-refractivity contribution < 1.29 is 31.2 Å². The van der Waals surface area contributed by atoms with Gasteiger partial charge in [0.2, 0.25) is 6.79 Å². The van der Waals surface area contributed by atoms with Crippen LogP contribution in [0.5, 0.6) is 23.0 Å². The van der Waals surface area contributed by atoms with Crippen LogP contribution in [-0.4, -0.2) is 33.8 Å². The van der Waals surface area contributed by atoms with Crippen LogP contribution in [0, 0.1) is 5.82 Å². The fraction of sp³-hybridized carbons (Fsp3) is 0.280. The zero-order chi connectivity index (χ0) is 23.4. The second kappa shape index (κ2) is 8.89. The molecule has 0 radical (unpaired) electrons. The molecule has 35 heavy (non-hydrogen) atoms. The van der Waals surface area contributed by atoms with E-state index in [9.17, 15) is 12.8 Å². The molecular weight excluding hydrogens is 497 g/mol. The minimum Gasteiger partial charge on any atom is -0.493 e. The Bertz CT molecular complexity index is 1410. The molecule has 6 rings (SSSR count). The molecule has 0 fully saturated rings. The van der Waals surface area contributed by atoms with Crippen molar-refractivity contribution in [2.75, 3.05) is 20.4 Å². The standard InChI is InChI=1S/C25H22FNO6S.ClH/c1-30-22-6-5-15-9-21-19-12-24-23(31-14-32-24)10-16(19)7-8-27(21)13-20(15)25(22)33-34(28,29)18-4-2-3-17(26)11-18;/h2-6,10-12,21H,7-9,13-14H2,1H3;1H. The predicted octanol–water partition coefficient (Wildman–Crippen LogP) is 4.41. The molecule has 0 saturated heterocycles. The molecule has 0 aromatic heterocycles. The number of rotatable bonds is 4. The summed E-state index contributed by atoms with van der Waals surface area (Å²) in [6.07, 6.45) is 1.53. The quantitative estimate of drug-likeness (QED) is 0.473. The van der Waals surface area contributed by atoms with Crippen molar-refractivity contribution in [1.29, 1.82) is 0 Å². The normalized spacial score (nSPS) is 18.1. The molecule has 184 valence electrons. The molecule has 0 bridgehead atoms. The van der Waals surface area contributed by atoms with Crippen molar-refractivity contribution >= 4 is 22.5 Å². The molecule has 7 nitrogen and oxygen atoms in total. The molecule has 1 unspecified atom stereocenters. The van der Waals surface area contributed by atoms with Crippen molar-refractivity contribution in [2.45, 2.75) is 30.3 Å². The average molecular weight is 520 g/mol. The first-order chi connectivity index (χ1) is 16.4. The van der Waals surface area contributed by atoms with Gasteiger partial charge in [-0.25, -0.2) is 4.39 Å². The number of halogens is 2. The Labute approximate surface area is 208 Å². The largest absolute Gasteiger partial charge is 0.493 e. The summed E-state index contributed by atoms with van der Waals surface area (Å²) in [7, 11) is -2.79. The highest BCUT2D eigenvalue weighted by molar-refractivity contribution is 7.87. The van der Waals surface area contributed by atoms with Crippen LogP contribution in [0.2, 0.25) is 0 Å². The van der Waals surface area contributed by atoms with Crippen LogP contribution in [-0.2, 0) is 29.5 Å². The highest BCUT2D eigenvalue weighted by atomic mass is 35.5. The molecule has 0 saturated carbocycles. The van der Waals surface area contributed by atoms with Gasteiger partial charge < -0.3 is 18.4 Å². The predicted molar refractivity (Wildman–Crippen MR) is 128 cm³/mol. The Morgan fingerprint density at radius 1 is 1.06 bits per heavy atom. The van der Waals surface area contributed by atoms with E-state index in [4.69, 9.17) is 18.4 Å². The first-order valence-corrected chi connectivity index (χ1v) is 12.4. The fourth-order valence-corrected chi connectivity index (χ4v) is 6.03. The summed E-state index contributed by atoms with van der Waals surface area (Å²) in [5.74, 6) is 1.36. The number of ether oxygens (including phenoxy) is 3. The zero-order valence-corrected chi connectivity index (χ0v) is 20.5. The van der Waals surface area contributed by atoms with E-state index in [-0.39, 0.29) is 35.9 Å². The molecule has 0 spiro atoms. The highest BCUT2D eigenvalue weighted by Gasteiger charge is 2.36. The molecule has 10 heteroatoms. The second-order valence-electron chi connectivity index (χ2n) is 8.57. The minimum absolute atomic E-state index is 0. The summed E-state index contributed by atoms with van der Waals surface area (Å²) >= 11 is 0. The second-order valence-corrected chi connectivity index (χ2v) is 10.1.